The quantitative estimate of drug-likeness (QED) is 0.617. The Hall–Kier alpha value is -3.07. The third kappa shape index (κ3) is 6.92. The van der Waals surface area contributed by atoms with Crippen molar-refractivity contribution in [2.75, 3.05) is 27.4 Å². The maximum absolute atomic E-state index is 11.9. The highest BCUT2D eigenvalue weighted by atomic mass is 32.1. The van der Waals surface area contributed by atoms with Crippen LogP contribution >= 0.6 is 11.3 Å². The Morgan fingerprint density at radius 1 is 1.11 bits per heavy atom. The Morgan fingerprint density at radius 3 is 2.61 bits per heavy atom. The summed E-state index contributed by atoms with van der Waals surface area (Å²) in [5, 5.41) is 6.64. The summed E-state index contributed by atoms with van der Waals surface area (Å²) in [4.78, 5) is 36.4. The molecule has 2 rings (SSSR count). The number of ether oxygens (including phenoxy) is 3. The topological polar surface area (TPSA) is 103 Å². The van der Waals surface area contributed by atoms with Crippen molar-refractivity contribution in [2.45, 2.75) is 12.8 Å². The van der Waals surface area contributed by atoms with E-state index in [-0.39, 0.29) is 6.42 Å². The highest BCUT2D eigenvalue weighted by Crippen LogP contribution is 2.25. The SMILES string of the molecule is COc1ccc(CC(=O)OCC(=O)NC(=O)NCCc2cccs2)c(OC)c1. The highest BCUT2D eigenvalue weighted by molar-refractivity contribution is 7.09. The van der Waals surface area contributed by atoms with Crippen molar-refractivity contribution in [1.29, 1.82) is 0 Å². The molecule has 0 radical (unpaired) electrons. The van der Waals surface area contributed by atoms with Gasteiger partial charge in [-0.1, -0.05) is 12.1 Å². The third-order valence-corrected chi connectivity index (χ3v) is 4.62. The van der Waals surface area contributed by atoms with Gasteiger partial charge >= 0.3 is 12.0 Å². The van der Waals surface area contributed by atoms with Gasteiger partial charge in [-0.15, -0.1) is 11.3 Å². The number of thiophene rings is 1. The van der Waals surface area contributed by atoms with E-state index >= 15 is 0 Å². The van der Waals surface area contributed by atoms with E-state index < -0.39 is 24.5 Å². The van der Waals surface area contributed by atoms with Gasteiger partial charge in [0.25, 0.3) is 5.91 Å². The number of carbonyl (C=O) groups is 3. The van der Waals surface area contributed by atoms with Crippen molar-refractivity contribution in [3.8, 4) is 11.5 Å². The molecule has 0 atom stereocenters. The average Bonchev–Trinajstić information content (AvgIpc) is 3.20. The lowest BCUT2D eigenvalue weighted by Crippen LogP contribution is -2.42. The number of methoxy groups -OCH3 is 2. The second-order valence-electron chi connectivity index (χ2n) is 5.65. The van der Waals surface area contributed by atoms with Crippen LogP contribution in [0.1, 0.15) is 10.4 Å². The van der Waals surface area contributed by atoms with E-state index in [0.29, 0.717) is 30.0 Å². The molecule has 0 saturated carbocycles. The van der Waals surface area contributed by atoms with Crippen LogP contribution in [0.4, 0.5) is 4.79 Å². The van der Waals surface area contributed by atoms with E-state index in [1.165, 1.54) is 14.2 Å². The lowest BCUT2D eigenvalue weighted by atomic mass is 10.1. The van der Waals surface area contributed by atoms with Gasteiger partial charge in [0.1, 0.15) is 11.5 Å². The number of benzene rings is 1. The number of urea groups is 1. The molecule has 0 fully saturated rings. The van der Waals surface area contributed by atoms with Crippen LogP contribution in [-0.4, -0.2) is 45.3 Å². The van der Waals surface area contributed by atoms with Gasteiger partial charge in [-0.2, -0.15) is 0 Å². The van der Waals surface area contributed by atoms with E-state index in [4.69, 9.17) is 14.2 Å². The number of esters is 1. The predicted molar refractivity (Wildman–Crippen MR) is 104 cm³/mol. The Morgan fingerprint density at radius 2 is 1.93 bits per heavy atom. The zero-order chi connectivity index (χ0) is 20.4. The molecule has 0 aliphatic carbocycles. The maximum Gasteiger partial charge on any atom is 0.321 e. The van der Waals surface area contributed by atoms with Gasteiger partial charge in [0, 0.05) is 23.1 Å². The number of nitrogens with one attached hydrogen (secondary N) is 2. The zero-order valence-corrected chi connectivity index (χ0v) is 16.5. The molecule has 8 nitrogen and oxygen atoms in total. The number of amides is 3. The summed E-state index contributed by atoms with van der Waals surface area (Å²) in [6.45, 7) is -0.147. The van der Waals surface area contributed by atoms with E-state index in [1.54, 1.807) is 29.5 Å². The normalized spacial score (nSPS) is 10.1. The first-order valence-corrected chi connectivity index (χ1v) is 9.36. The van der Waals surface area contributed by atoms with Crippen LogP contribution in [-0.2, 0) is 27.2 Å². The maximum atomic E-state index is 11.9. The molecule has 0 spiro atoms. The molecule has 0 saturated heterocycles. The second-order valence-corrected chi connectivity index (χ2v) is 6.68. The fourth-order valence-corrected chi connectivity index (χ4v) is 3.02. The fourth-order valence-electron chi connectivity index (χ4n) is 2.31. The Bertz CT molecular complexity index is 807. The number of rotatable bonds is 9. The summed E-state index contributed by atoms with van der Waals surface area (Å²) in [6.07, 6.45) is 0.603. The molecule has 3 amide bonds. The van der Waals surface area contributed by atoms with Gasteiger partial charge in [0.2, 0.25) is 0 Å². The average molecular weight is 406 g/mol. The lowest BCUT2D eigenvalue weighted by molar-refractivity contribution is -0.147. The van der Waals surface area contributed by atoms with E-state index in [2.05, 4.69) is 10.6 Å². The molecular formula is C19H22N2O6S. The van der Waals surface area contributed by atoms with Gasteiger partial charge in [0.15, 0.2) is 6.61 Å². The van der Waals surface area contributed by atoms with Gasteiger partial charge in [-0.05, 0) is 23.9 Å². The molecule has 1 heterocycles. The first-order chi connectivity index (χ1) is 13.5. The molecule has 150 valence electrons. The number of carbonyl (C=O) groups excluding carboxylic acids is 3. The van der Waals surface area contributed by atoms with Crippen molar-refractivity contribution in [3.05, 3.63) is 46.2 Å². The van der Waals surface area contributed by atoms with E-state index in [9.17, 15) is 14.4 Å². The molecule has 1 aromatic carbocycles. The highest BCUT2D eigenvalue weighted by Gasteiger charge is 2.14. The standard InChI is InChI=1S/C19H22N2O6S/c1-25-14-6-5-13(16(11-14)26-2)10-18(23)27-12-17(22)21-19(24)20-8-7-15-4-3-9-28-15/h3-6,9,11H,7-8,10,12H2,1-2H3,(H2,20,21,22,24). The number of hydrogen-bond donors (Lipinski definition) is 2. The van der Waals surface area contributed by atoms with Crippen molar-refractivity contribution < 1.29 is 28.6 Å². The van der Waals surface area contributed by atoms with Gasteiger partial charge < -0.3 is 19.5 Å². The van der Waals surface area contributed by atoms with Gasteiger partial charge in [-0.25, -0.2) is 4.79 Å². The largest absolute Gasteiger partial charge is 0.497 e. The second kappa shape index (κ2) is 10.9. The molecule has 0 aliphatic rings. The first kappa shape index (κ1) is 21.2. The van der Waals surface area contributed by atoms with Crippen LogP contribution in [0.15, 0.2) is 35.7 Å². The third-order valence-electron chi connectivity index (χ3n) is 3.68. The molecule has 9 heteroatoms. The molecule has 2 aromatic rings. The molecule has 0 bridgehead atoms. The summed E-state index contributed by atoms with van der Waals surface area (Å²) >= 11 is 1.59. The summed E-state index contributed by atoms with van der Waals surface area (Å²) in [7, 11) is 3.01. The minimum absolute atomic E-state index is 0.0759. The Balaban J connectivity index is 1.70. The summed E-state index contributed by atoms with van der Waals surface area (Å²) < 4.78 is 15.2. The number of hydrogen-bond acceptors (Lipinski definition) is 7. The van der Waals surface area contributed by atoms with Crippen LogP contribution in [0, 0.1) is 0 Å². The van der Waals surface area contributed by atoms with E-state index in [1.807, 2.05) is 17.5 Å². The van der Waals surface area contributed by atoms with Crippen LogP contribution in [0.5, 0.6) is 11.5 Å². The smallest absolute Gasteiger partial charge is 0.321 e. The van der Waals surface area contributed by atoms with Gasteiger partial charge in [0.05, 0.1) is 20.6 Å². The van der Waals surface area contributed by atoms with Gasteiger partial charge in [-0.3, -0.25) is 14.9 Å². The van der Waals surface area contributed by atoms with Crippen molar-refractivity contribution in [2.24, 2.45) is 0 Å². The Labute approximate surface area is 166 Å². The van der Waals surface area contributed by atoms with Crippen molar-refractivity contribution in [1.82, 2.24) is 10.6 Å². The van der Waals surface area contributed by atoms with E-state index in [0.717, 1.165) is 4.88 Å². The zero-order valence-electron chi connectivity index (χ0n) is 15.7. The first-order valence-electron chi connectivity index (χ1n) is 8.48. The molecule has 28 heavy (non-hydrogen) atoms. The Kier molecular flexibility index (Phi) is 8.29. The predicted octanol–water partition coefficient (Wildman–Crippen LogP) is 1.92. The van der Waals surface area contributed by atoms with Crippen LogP contribution in [0.2, 0.25) is 0 Å². The molecule has 0 unspecified atom stereocenters. The van der Waals surface area contributed by atoms with Crippen LogP contribution in [0.25, 0.3) is 0 Å². The fraction of sp³-hybridized carbons (Fsp3) is 0.316. The molecular weight excluding hydrogens is 384 g/mol. The summed E-state index contributed by atoms with van der Waals surface area (Å²) in [6, 6.07) is 8.29. The molecule has 1 aromatic heterocycles. The molecule has 0 aliphatic heterocycles. The monoisotopic (exact) mass is 406 g/mol. The van der Waals surface area contributed by atoms with Crippen LogP contribution < -0.4 is 20.1 Å². The van der Waals surface area contributed by atoms with Crippen molar-refractivity contribution in [3.63, 3.8) is 0 Å². The minimum atomic E-state index is -0.705. The minimum Gasteiger partial charge on any atom is -0.497 e. The lowest BCUT2D eigenvalue weighted by Gasteiger charge is -2.10. The van der Waals surface area contributed by atoms with Crippen LogP contribution in [0.3, 0.4) is 0 Å². The summed E-state index contributed by atoms with van der Waals surface area (Å²) in [5.74, 6) is -0.246. The summed E-state index contributed by atoms with van der Waals surface area (Å²) in [5.41, 5.74) is 0.597. The van der Waals surface area contributed by atoms with Crippen molar-refractivity contribution >= 4 is 29.2 Å². The molecule has 2 N–H and O–H groups in total. The number of imide groups is 1.